The van der Waals surface area contributed by atoms with Gasteiger partial charge in [0.1, 0.15) is 16.7 Å². The third-order valence-electron chi connectivity index (χ3n) is 5.58. The number of nitrogens with zero attached hydrogens (tertiary/aromatic N) is 2. The van der Waals surface area contributed by atoms with Gasteiger partial charge in [-0.3, -0.25) is 14.5 Å². The largest absolute Gasteiger partial charge is 0.321 e. The minimum absolute atomic E-state index is 0.133. The first kappa shape index (κ1) is 24.9. The second kappa shape index (κ2) is 10.6. The second-order valence-corrected chi connectivity index (χ2v) is 10.2. The number of nitriles is 1. The molecule has 2 amide bonds. The van der Waals surface area contributed by atoms with Crippen molar-refractivity contribution in [1.82, 2.24) is 0 Å². The molecule has 8 heteroatoms. The fourth-order valence-electron chi connectivity index (χ4n) is 3.75. The van der Waals surface area contributed by atoms with Crippen LogP contribution in [0, 0.1) is 25.2 Å². The van der Waals surface area contributed by atoms with Gasteiger partial charge in [-0.15, -0.1) is 0 Å². The topological polar surface area (TPSA) is 73.2 Å². The van der Waals surface area contributed by atoms with Crippen LogP contribution in [-0.2, 0) is 16.0 Å². The quantitative estimate of drug-likeness (QED) is 0.300. The number of carbonyl (C=O) groups excluding carboxylic acids is 2. The first-order chi connectivity index (χ1) is 16.8. The fourth-order valence-corrected chi connectivity index (χ4v) is 5.43. The molecule has 1 aliphatic rings. The third-order valence-corrected chi connectivity index (χ3v) is 7.45. The molecule has 1 fully saturated rings. The van der Waals surface area contributed by atoms with E-state index in [0.29, 0.717) is 32.9 Å². The van der Waals surface area contributed by atoms with Crippen molar-refractivity contribution in [2.75, 3.05) is 10.2 Å². The number of benzene rings is 3. The lowest BCUT2D eigenvalue weighted by Crippen LogP contribution is -2.31. The molecule has 3 aromatic rings. The van der Waals surface area contributed by atoms with Crippen molar-refractivity contribution in [3.8, 4) is 6.07 Å². The highest BCUT2D eigenvalue weighted by Crippen LogP contribution is 2.43. The zero-order valence-electron chi connectivity index (χ0n) is 19.0. The predicted octanol–water partition coefficient (Wildman–Crippen LogP) is 6.68. The molecule has 5 nitrogen and oxygen atoms in total. The van der Waals surface area contributed by atoms with Crippen LogP contribution in [0.4, 0.5) is 11.4 Å². The molecule has 0 unspecified atom stereocenters. The van der Waals surface area contributed by atoms with Gasteiger partial charge in [0.25, 0.3) is 5.91 Å². The monoisotopic (exact) mass is 521 g/mol. The van der Waals surface area contributed by atoms with E-state index in [0.717, 1.165) is 16.7 Å². The first-order valence-electron chi connectivity index (χ1n) is 10.8. The average Bonchev–Trinajstić information content (AvgIpc) is 3.14. The zero-order valence-corrected chi connectivity index (χ0v) is 21.3. The Morgan fingerprint density at radius 2 is 1.80 bits per heavy atom. The molecule has 35 heavy (non-hydrogen) atoms. The molecule has 4 rings (SSSR count). The van der Waals surface area contributed by atoms with Crippen molar-refractivity contribution in [3.05, 3.63) is 104 Å². The summed E-state index contributed by atoms with van der Waals surface area (Å²) in [6, 6.07) is 21.8. The van der Waals surface area contributed by atoms with Crippen molar-refractivity contribution in [3.63, 3.8) is 0 Å². The van der Waals surface area contributed by atoms with E-state index in [2.05, 4.69) is 5.32 Å². The first-order valence-corrected chi connectivity index (χ1v) is 12.4. The normalized spacial score (nSPS) is 16.7. The van der Waals surface area contributed by atoms with E-state index >= 15 is 0 Å². The summed E-state index contributed by atoms with van der Waals surface area (Å²) < 4.78 is 0. The molecular weight excluding hydrogens is 501 g/mol. The lowest BCUT2D eigenvalue weighted by molar-refractivity contribution is -0.117. The lowest BCUT2D eigenvalue weighted by Gasteiger charge is -2.20. The Labute approximate surface area is 218 Å². The molecule has 0 radical (unpaired) electrons. The maximum Gasteiger partial charge on any atom is 0.269 e. The Kier molecular flexibility index (Phi) is 7.51. The number of para-hydroxylation sites is 1. The van der Waals surface area contributed by atoms with E-state index in [9.17, 15) is 14.9 Å². The van der Waals surface area contributed by atoms with Crippen LogP contribution < -0.4 is 10.2 Å². The van der Waals surface area contributed by atoms with Crippen LogP contribution in [0.5, 0.6) is 0 Å². The average molecular weight is 522 g/mol. The molecule has 0 bridgehead atoms. The van der Waals surface area contributed by atoms with E-state index in [1.54, 1.807) is 36.4 Å². The molecule has 1 saturated heterocycles. The van der Waals surface area contributed by atoms with Crippen LogP contribution in [0.15, 0.2) is 77.3 Å². The van der Waals surface area contributed by atoms with Gasteiger partial charge < -0.3 is 5.32 Å². The maximum absolute atomic E-state index is 13.7. The summed E-state index contributed by atoms with van der Waals surface area (Å²) in [6.45, 7) is 3.83. The van der Waals surface area contributed by atoms with Gasteiger partial charge in [-0.25, -0.2) is 0 Å². The van der Waals surface area contributed by atoms with E-state index in [4.69, 9.17) is 23.2 Å². The second-order valence-electron chi connectivity index (χ2n) is 8.12. The van der Waals surface area contributed by atoms with Crippen LogP contribution in [0.25, 0.3) is 0 Å². The summed E-state index contributed by atoms with van der Waals surface area (Å²) in [5, 5.41) is 13.5. The number of carbonyl (C=O) groups is 2. The third kappa shape index (κ3) is 5.38. The fraction of sp³-hybridized carbons (Fsp3) is 0.148. The standard InChI is InChI=1S/C27H21Cl2N3O2S/c1-16-7-10-20(11-8-16)31-25(33)21(15-30)27-32(23-6-4-3-5-17(23)2)26(34)24(35-27)14-18-13-19(28)9-12-22(18)29/h3-13,24H,14H2,1-2H3,(H,31,33)/b27-21-/t24-/m0/s1. The smallest absolute Gasteiger partial charge is 0.269 e. The Balaban J connectivity index is 1.75. The summed E-state index contributed by atoms with van der Waals surface area (Å²) in [5.74, 6) is -0.807. The number of thioether (sulfide) groups is 1. The van der Waals surface area contributed by atoms with Crippen LogP contribution in [0.3, 0.4) is 0 Å². The van der Waals surface area contributed by atoms with E-state index in [1.165, 1.54) is 16.7 Å². The number of amides is 2. The van der Waals surface area contributed by atoms with Crippen LogP contribution in [-0.4, -0.2) is 17.1 Å². The summed E-state index contributed by atoms with van der Waals surface area (Å²) >= 11 is 13.7. The highest BCUT2D eigenvalue weighted by Gasteiger charge is 2.41. The molecule has 1 heterocycles. The Morgan fingerprint density at radius 3 is 2.49 bits per heavy atom. The molecule has 0 saturated carbocycles. The van der Waals surface area contributed by atoms with Crippen LogP contribution >= 0.6 is 35.0 Å². The molecule has 0 spiro atoms. The lowest BCUT2D eigenvalue weighted by atomic mass is 10.1. The molecule has 1 atom stereocenters. The van der Waals surface area contributed by atoms with E-state index in [1.807, 2.05) is 50.2 Å². The van der Waals surface area contributed by atoms with Gasteiger partial charge in [0.05, 0.1) is 10.9 Å². The van der Waals surface area contributed by atoms with Crippen molar-refractivity contribution in [2.45, 2.75) is 25.5 Å². The van der Waals surface area contributed by atoms with Gasteiger partial charge in [0.15, 0.2) is 0 Å². The van der Waals surface area contributed by atoms with Gasteiger partial charge >= 0.3 is 0 Å². The number of aryl methyl sites for hydroxylation is 2. The summed E-state index contributed by atoms with van der Waals surface area (Å²) in [7, 11) is 0. The summed E-state index contributed by atoms with van der Waals surface area (Å²) in [4.78, 5) is 28.3. The Bertz CT molecular complexity index is 1380. The Hall–Kier alpha value is -3.24. The maximum atomic E-state index is 13.7. The van der Waals surface area contributed by atoms with Crippen LogP contribution in [0.2, 0.25) is 10.0 Å². The highest BCUT2D eigenvalue weighted by molar-refractivity contribution is 8.05. The predicted molar refractivity (Wildman–Crippen MR) is 143 cm³/mol. The number of hydrogen-bond donors (Lipinski definition) is 1. The summed E-state index contributed by atoms with van der Waals surface area (Å²) in [6.07, 6.45) is 0.299. The molecule has 0 aliphatic carbocycles. The number of anilines is 2. The van der Waals surface area contributed by atoms with Crippen molar-refractivity contribution in [2.24, 2.45) is 0 Å². The summed E-state index contributed by atoms with van der Waals surface area (Å²) in [5.41, 5.74) is 3.66. The van der Waals surface area contributed by atoms with Gasteiger partial charge in [0, 0.05) is 15.7 Å². The molecule has 3 aromatic carbocycles. The van der Waals surface area contributed by atoms with Crippen molar-refractivity contribution in [1.29, 1.82) is 5.26 Å². The molecule has 0 aromatic heterocycles. The van der Waals surface area contributed by atoms with Crippen molar-refractivity contribution < 1.29 is 9.59 Å². The minimum atomic E-state index is -0.587. The van der Waals surface area contributed by atoms with E-state index in [-0.39, 0.29) is 11.5 Å². The number of hydrogen-bond acceptors (Lipinski definition) is 4. The van der Waals surface area contributed by atoms with Gasteiger partial charge in [-0.05, 0) is 67.8 Å². The molecule has 1 N–H and O–H groups in total. The van der Waals surface area contributed by atoms with Crippen molar-refractivity contribution >= 4 is 58.2 Å². The number of rotatable bonds is 5. The number of nitrogens with one attached hydrogen (secondary N) is 1. The molecular formula is C27H21Cl2N3O2S. The van der Waals surface area contributed by atoms with Gasteiger partial charge in [-0.1, -0.05) is 70.9 Å². The number of halogens is 2. The minimum Gasteiger partial charge on any atom is -0.321 e. The molecule has 1 aliphatic heterocycles. The van der Waals surface area contributed by atoms with Crippen LogP contribution in [0.1, 0.15) is 16.7 Å². The highest BCUT2D eigenvalue weighted by atomic mass is 35.5. The molecule has 176 valence electrons. The Morgan fingerprint density at radius 1 is 1.09 bits per heavy atom. The zero-order chi connectivity index (χ0) is 25.1. The van der Waals surface area contributed by atoms with E-state index < -0.39 is 11.2 Å². The SMILES string of the molecule is Cc1ccc(NC(=O)/C(C#N)=C2\S[C@@H](Cc3cc(Cl)ccc3Cl)C(=O)N2c2ccccc2C)cc1. The van der Waals surface area contributed by atoms with Gasteiger partial charge in [0.2, 0.25) is 5.91 Å². The van der Waals surface area contributed by atoms with Gasteiger partial charge in [-0.2, -0.15) is 5.26 Å².